The number of hydrogen-bond donors (Lipinski definition) is 3. The van der Waals surface area contributed by atoms with E-state index >= 15 is 0 Å². The highest BCUT2D eigenvalue weighted by Crippen LogP contribution is 2.18. The van der Waals surface area contributed by atoms with Crippen molar-refractivity contribution in [1.29, 1.82) is 0 Å². The minimum Gasteiger partial charge on any atom is -0.385 e. The van der Waals surface area contributed by atoms with E-state index in [0.717, 1.165) is 30.6 Å². The van der Waals surface area contributed by atoms with Gasteiger partial charge in [0.05, 0.1) is 6.04 Å². The van der Waals surface area contributed by atoms with Crippen molar-refractivity contribution in [2.24, 2.45) is 0 Å². The van der Waals surface area contributed by atoms with E-state index in [0.29, 0.717) is 51.6 Å². The van der Waals surface area contributed by atoms with Gasteiger partial charge in [0, 0.05) is 77.2 Å². The van der Waals surface area contributed by atoms with Gasteiger partial charge in [-0.15, -0.1) is 12.4 Å². The van der Waals surface area contributed by atoms with Crippen LogP contribution in [0.1, 0.15) is 35.1 Å². The van der Waals surface area contributed by atoms with Gasteiger partial charge in [0.15, 0.2) is 5.69 Å². The molecule has 1 aromatic rings. The summed E-state index contributed by atoms with van der Waals surface area (Å²) >= 11 is 0. The Bertz CT molecular complexity index is 660. The fraction of sp³-hybridized carbons (Fsp3) is 0.722. The van der Waals surface area contributed by atoms with Crippen LogP contribution in [-0.2, 0) is 22.5 Å². The van der Waals surface area contributed by atoms with E-state index in [-0.39, 0.29) is 30.3 Å². The molecule has 0 spiro atoms. The second-order valence-electron chi connectivity index (χ2n) is 7.10. The molecule has 158 valence electrons. The molecule has 1 unspecified atom stereocenters. The first-order valence-electron chi connectivity index (χ1n) is 9.68. The van der Waals surface area contributed by atoms with E-state index in [1.165, 1.54) is 0 Å². The molecule has 9 nitrogen and oxygen atoms in total. The van der Waals surface area contributed by atoms with Gasteiger partial charge in [0.1, 0.15) is 0 Å². The van der Waals surface area contributed by atoms with E-state index in [1.807, 2.05) is 11.8 Å². The molecule has 1 saturated heterocycles. The number of fused-ring (bicyclic) bond motifs is 1. The number of carbonyl (C=O) groups is 2. The number of H-pyrrole nitrogens is 1. The number of halogens is 1. The van der Waals surface area contributed by atoms with Gasteiger partial charge in [-0.1, -0.05) is 0 Å². The zero-order valence-corrected chi connectivity index (χ0v) is 17.4. The third kappa shape index (κ3) is 5.22. The third-order valence-electron chi connectivity index (χ3n) is 5.36. The van der Waals surface area contributed by atoms with Gasteiger partial charge in [-0.05, 0) is 13.3 Å². The minimum absolute atomic E-state index is 0. The van der Waals surface area contributed by atoms with Gasteiger partial charge in [-0.25, -0.2) is 0 Å². The van der Waals surface area contributed by atoms with Crippen LogP contribution in [0.3, 0.4) is 0 Å². The molecule has 0 bridgehead atoms. The summed E-state index contributed by atoms with van der Waals surface area (Å²) in [5.74, 6) is 0.00541. The lowest BCUT2D eigenvalue weighted by molar-refractivity contribution is -0.126. The maximum atomic E-state index is 12.9. The van der Waals surface area contributed by atoms with Crippen molar-refractivity contribution in [3.8, 4) is 0 Å². The molecule has 2 aliphatic heterocycles. The number of rotatable bonds is 7. The highest BCUT2D eigenvalue weighted by atomic mass is 35.5. The van der Waals surface area contributed by atoms with Gasteiger partial charge >= 0.3 is 0 Å². The lowest BCUT2D eigenvalue weighted by atomic mass is 10.1. The molecule has 1 fully saturated rings. The minimum atomic E-state index is -0.202. The highest BCUT2D eigenvalue weighted by molar-refractivity contribution is 5.94. The monoisotopic (exact) mass is 414 g/mol. The summed E-state index contributed by atoms with van der Waals surface area (Å²) in [7, 11) is 1.65. The molecule has 0 aliphatic carbocycles. The normalized spacial score (nSPS) is 18.1. The number of carbonyl (C=O) groups excluding carboxylic acids is 2. The average Bonchev–Trinajstić information content (AvgIpc) is 3.14. The van der Waals surface area contributed by atoms with Crippen LogP contribution < -0.4 is 10.6 Å². The van der Waals surface area contributed by atoms with Crippen LogP contribution in [0.15, 0.2) is 0 Å². The van der Waals surface area contributed by atoms with E-state index < -0.39 is 0 Å². The Morgan fingerprint density at radius 1 is 1.29 bits per heavy atom. The van der Waals surface area contributed by atoms with E-state index in [2.05, 4.69) is 25.7 Å². The molecular weight excluding hydrogens is 384 g/mol. The molecule has 1 atom stereocenters. The lowest BCUT2D eigenvalue weighted by Crippen LogP contribution is -2.55. The largest absolute Gasteiger partial charge is 0.385 e. The maximum Gasteiger partial charge on any atom is 0.274 e. The van der Waals surface area contributed by atoms with Crippen molar-refractivity contribution in [3.05, 3.63) is 17.0 Å². The first-order valence-corrected chi connectivity index (χ1v) is 9.68. The van der Waals surface area contributed by atoms with Gasteiger partial charge in [0.2, 0.25) is 5.91 Å². The number of amides is 2. The first kappa shape index (κ1) is 22.6. The van der Waals surface area contributed by atoms with E-state index in [1.54, 1.807) is 7.11 Å². The standard InChI is InChI=1S/C18H30N6O3.ClH/c1-13(17(25)20-5-3-11-27-2)23-7-9-24(10-8-23)18(26)16-14-12-19-6-4-15(14)21-22-16;/h13,19H,3-12H2,1-2H3,(H,20,25)(H,21,22);1H. The van der Waals surface area contributed by atoms with E-state index in [9.17, 15) is 9.59 Å². The molecule has 0 aromatic carbocycles. The summed E-state index contributed by atoms with van der Waals surface area (Å²) in [6.45, 7) is 7.35. The van der Waals surface area contributed by atoms with Crippen molar-refractivity contribution in [2.75, 3.05) is 53.0 Å². The molecule has 3 rings (SSSR count). The Hall–Kier alpha value is -1.68. The van der Waals surface area contributed by atoms with Crippen molar-refractivity contribution in [1.82, 2.24) is 30.6 Å². The number of hydrogen-bond acceptors (Lipinski definition) is 6. The molecule has 3 heterocycles. The van der Waals surface area contributed by atoms with Crippen molar-refractivity contribution in [2.45, 2.75) is 32.4 Å². The molecule has 0 radical (unpaired) electrons. The Morgan fingerprint density at radius 3 is 2.75 bits per heavy atom. The Kier molecular flexibility index (Phi) is 8.68. The number of aromatic amines is 1. The summed E-state index contributed by atoms with van der Waals surface area (Å²) in [5, 5.41) is 13.5. The number of nitrogens with zero attached hydrogens (tertiary/aromatic N) is 3. The molecule has 0 saturated carbocycles. The first-order chi connectivity index (χ1) is 13.1. The van der Waals surface area contributed by atoms with Crippen LogP contribution in [0.2, 0.25) is 0 Å². The average molecular weight is 415 g/mol. The Morgan fingerprint density at radius 2 is 2.04 bits per heavy atom. The molecular formula is C18H31ClN6O3. The molecule has 28 heavy (non-hydrogen) atoms. The SMILES string of the molecule is COCCCNC(=O)C(C)N1CCN(C(=O)c2n[nH]c3c2CNCC3)CC1.Cl. The van der Waals surface area contributed by atoms with Gasteiger partial charge in [-0.2, -0.15) is 5.10 Å². The summed E-state index contributed by atoms with van der Waals surface area (Å²) in [6, 6.07) is -0.202. The number of ether oxygens (including phenoxy) is 1. The second-order valence-corrected chi connectivity index (χ2v) is 7.10. The quantitative estimate of drug-likeness (QED) is 0.533. The molecule has 3 N–H and O–H groups in total. The summed E-state index contributed by atoms with van der Waals surface area (Å²) in [6.07, 6.45) is 1.68. The predicted molar refractivity (Wildman–Crippen MR) is 108 cm³/mol. The number of methoxy groups -OCH3 is 1. The smallest absolute Gasteiger partial charge is 0.274 e. The van der Waals surface area contributed by atoms with Crippen molar-refractivity contribution >= 4 is 24.2 Å². The summed E-state index contributed by atoms with van der Waals surface area (Å²) in [5.41, 5.74) is 2.60. The Balaban J connectivity index is 0.00000280. The van der Waals surface area contributed by atoms with Crippen LogP contribution in [-0.4, -0.2) is 90.8 Å². The molecule has 10 heteroatoms. The molecule has 2 amide bonds. The zero-order chi connectivity index (χ0) is 19.2. The van der Waals surface area contributed by atoms with Crippen LogP contribution >= 0.6 is 12.4 Å². The van der Waals surface area contributed by atoms with Crippen LogP contribution in [0, 0.1) is 0 Å². The molecule has 2 aliphatic rings. The van der Waals surface area contributed by atoms with Gasteiger partial charge in [-0.3, -0.25) is 19.6 Å². The summed E-state index contributed by atoms with van der Waals surface area (Å²) in [4.78, 5) is 29.1. The third-order valence-corrected chi connectivity index (χ3v) is 5.36. The topological polar surface area (TPSA) is 103 Å². The fourth-order valence-electron chi connectivity index (χ4n) is 3.61. The van der Waals surface area contributed by atoms with E-state index in [4.69, 9.17) is 4.74 Å². The predicted octanol–water partition coefficient (Wildman–Crippen LogP) is -0.224. The molecule has 1 aromatic heterocycles. The van der Waals surface area contributed by atoms with Gasteiger partial charge < -0.3 is 20.3 Å². The fourth-order valence-corrected chi connectivity index (χ4v) is 3.61. The zero-order valence-electron chi connectivity index (χ0n) is 16.6. The maximum absolute atomic E-state index is 12.9. The summed E-state index contributed by atoms with van der Waals surface area (Å²) < 4.78 is 4.99. The van der Waals surface area contributed by atoms with Crippen molar-refractivity contribution in [3.63, 3.8) is 0 Å². The Labute approximate surface area is 172 Å². The van der Waals surface area contributed by atoms with Gasteiger partial charge in [0.25, 0.3) is 5.91 Å². The lowest BCUT2D eigenvalue weighted by Gasteiger charge is -2.37. The number of piperazine rings is 1. The van der Waals surface area contributed by atoms with Crippen LogP contribution in [0.4, 0.5) is 0 Å². The second kappa shape index (κ2) is 10.8. The number of nitrogens with one attached hydrogen (secondary N) is 3. The van der Waals surface area contributed by atoms with Crippen molar-refractivity contribution < 1.29 is 14.3 Å². The number of aromatic nitrogens is 2. The van der Waals surface area contributed by atoms with Crippen LogP contribution in [0.5, 0.6) is 0 Å². The van der Waals surface area contributed by atoms with Crippen LogP contribution in [0.25, 0.3) is 0 Å². The highest BCUT2D eigenvalue weighted by Gasteiger charge is 2.30.